The van der Waals surface area contributed by atoms with Gasteiger partial charge in [-0.25, -0.2) is 0 Å². The van der Waals surface area contributed by atoms with Crippen LogP contribution in [0, 0.1) is 0 Å². The van der Waals surface area contributed by atoms with E-state index in [9.17, 15) is 9.59 Å². The van der Waals surface area contributed by atoms with Crippen LogP contribution in [0.25, 0.3) is 0 Å². The van der Waals surface area contributed by atoms with Gasteiger partial charge in [0.15, 0.2) is 0 Å². The van der Waals surface area contributed by atoms with E-state index in [4.69, 9.17) is 0 Å². The molecule has 0 radical (unpaired) electrons. The maximum atomic E-state index is 12.4. The average Bonchev–Trinajstić information content (AvgIpc) is 2.96. The van der Waals surface area contributed by atoms with Crippen LogP contribution in [0.1, 0.15) is 62.1 Å². The normalized spacial score (nSPS) is 18.7. The summed E-state index contributed by atoms with van der Waals surface area (Å²) in [6.45, 7) is 1.51. The van der Waals surface area contributed by atoms with Gasteiger partial charge in [-0.1, -0.05) is 37.8 Å². The first-order valence-electron chi connectivity index (χ1n) is 11.0. The van der Waals surface area contributed by atoms with Gasteiger partial charge in [0.2, 0.25) is 0 Å². The zero-order valence-corrected chi connectivity index (χ0v) is 18.2. The van der Waals surface area contributed by atoms with Gasteiger partial charge < -0.3 is 20.4 Å². The second kappa shape index (κ2) is 10.1. The van der Waals surface area contributed by atoms with Crippen LogP contribution >= 0.6 is 0 Å². The molecule has 29 heavy (non-hydrogen) atoms. The third-order valence-corrected chi connectivity index (χ3v) is 6.32. The summed E-state index contributed by atoms with van der Waals surface area (Å²) in [6.07, 6.45) is 8.90. The Balaban J connectivity index is 1.59. The fourth-order valence-corrected chi connectivity index (χ4v) is 4.56. The van der Waals surface area contributed by atoms with Crippen molar-refractivity contribution in [2.24, 2.45) is 0 Å². The minimum atomic E-state index is -0.529. The van der Waals surface area contributed by atoms with Crippen molar-refractivity contribution < 1.29 is 9.59 Å². The lowest BCUT2D eigenvalue weighted by atomic mass is 9.96. The molecule has 1 atom stereocenters. The molecular formula is C23H36N4O2. The summed E-state index contributed by atoms with van der Waals surface area (Å²) in [5, 5.41) is 5.78. The van der Waals surface area contributed by atoms with E-state index in [1.165, 1.54) is 29.7 Å². The zero-order valence-electron chi connectivity index (χ0n) is 18.2. The van der Waals surface area contributed by atoms with Crippen molar-refractivity contribution in [3.8, 4) is 0 Å². The Morgan fingerprint density at radius 1 is 1.10 bits per heavy atom. The molecule has 1 aromatic rings. The second-order valence-corrected chi connectivity index (χ2v) is 8.76. The van der Waals surface area contributed by atoms with Crippen LogP contribution in [0.15, 0.2) is 18.2 Å². The standard InChI is InChI=1S/C23H36N4O2/c1-26(2)21(18-12-13-20-17(15-18)9-8-14-27(20)3)16-24-22(28)23(29)25-19-10-6-4-5-7-11-19/h12-13,15,19,21H,4-11,14,16H2,1-3H3,(H,24,28)(H,25,29). The molecule has 0 spiro atoms. The number of hydrogen-bond acceptors (Lipinski definition) is 4. The Morgan fingerprint density at radius 2 is 1.83 bits per heavy atom. The molecule has 1 aliphatic heterocycles. The van der Waals surface area contributed by atoms with Crippen LogP contribution < -0.4 is 15.5 Å². The molecule has 1 saturated carbocycles. The largest absolute Gasteiger partial charge is 0.374 e. The number of hydrogen-bond donors (Lipinski definition) is 2. The molecular weight excluding hydrogens is 364 g/mol. The molecule has 3 rings (SSSR count). The Bertz CT molecular complexity index is 711. The summed E-state index contributed by atoms with van der Waals surface area (Å²) in [7, 11) is 6.15. The third kappa shape index (κ3) is 5.72. The molecule has 6 nitrogen and oxygen atoms in total. The zero-order chi connectivity index (χ0) is 20.8. The Morgan fingerprint density at radius 3 is 2.52 bits per heavy atom. The summed E-state index contributed by atoms with van der Waals surface area (Å²) >= 11 is 0. The summed E-state index contributed by atoms with van der Waals surface area (Å²) < 4.78 is 0. The van der Waals surface area contributed by atoms with Crippen LogP contribution in [0.4, 0.5) is 5.69 Å². The van der Waals surface area contributed by atoms with Gasteiger partial charge in [-0.05, 0) is 57.0 Å². The average molecular weight is 401 g/mol. The van der Waals surface area contributed by atoms with Gasteiger partial charge in [0.05, 0.1) is 6.04 Å². The first-order chi connectivity index (χ1) is 14.0. The molecule has 1 heterocycles. The Kier molecular flexibility index (Phi) is 7.53. The van der Waals surface area contributed by atoms with E-state index < -0.39 is 11.8 Å². The number of carbonyl (C=O) groups is 2. The number of amides is 2. The predicted octanol–water partition coefficient (Wildman–Crippen LogP) is 2.63. The number of anilines is 1. The van der Waals surface area contributed by atoms with E-state index in [2.05, 4.69) is 45.7 Å². The topological polar surface area (TPSA) is 64.7 Å². The molecule has 2 aliphatic rings. The van der Waals surface area contributed by atoms with Gasteiger partial charge in [-0.15, -0.1) is 0 Å². The van der Waals surface area contributed by atoms with Crippen LogP contribution in [0.5, 0.6) is 0 Å². The molecule has 0 saturated heterocycles. The van der Waals surface area contributed by atoms with Gasteiger partial charge in [0.25, 0.3) is 0 Å². The van der Waals surface area contributed by atoms with Crippen molar-refractivity contribution >= 4 is 17.5 Å². The molecule has 1 aliphatic carbocycles. The number of nitrogens with zero attached hydrogens (tertiary/aromatic N) is 2. The lowest BCUT2D eigenvalue weighted by molar-refractivity contribution is -0.139. The summed E-state index contributed by atoms with van der Waals surface area (Å²) in [5.41, 5.74) is 3.83. The number of nitrogens with one attached hydrogen (secondary N) is 2. The van der Waals surface area contributed by atoms with E-state index in [-0.39, 0.29) is 12.1 Å². The number of likely N-dealkylation sites (N-methyl/N-ethyl adjacent to an activating group) is 1. The Hall–Kier alpha value is -2.08. The number of benzene rings is 1. The molecule has 1 fully saturated rings. The minimum Gasteiger partial charge on any atom is -0.374 e. The van der Waals surface area contributed by atoms with E-state index in [1.54, 1.807) is 0 Å². The monoisotopic (exact) mass is 400 g/mol. The van der Waals surface area contributed by atoms with Crippen molar-refractivity contribution in [1.82, 2.24) is 15.5 Å². The lowest BCUT2D eigenvalue weighted by Gasteiger charge is -2.30. The van der Waals surface area contributed by atoms with Crippen molar-refractivity contribution in [2.75, 3.05) is 39.1 Å². The quantitative estimate of drug-likeness (QED) is 0.589. The number of fused-ring (bicyclic) bond motifs is 1. The fourth-order valence-electron chi connectivity index (χ4n) is 4.56. The van der Waals surface area contributed by atoms with E-state index in [1.807, 2.05) is 14.1 Å². The van der Waals surface area contributed by atoms with Crippen LogP contribution in [-0.4, -0.2) is 57.0 Å². The lowest BCUT2D eigenvalue weighted by Crippen LogP contribution is -2.46. The number of aryl methyl sites for hydroxylation is 1. The first kappa shape index (κ1) is 21.6. The van der Waals surface area contributed by atoms with Crippen LogP contribution in [0.3, 0.4) is 0 Å². The number of carbonyl (C=O) groups excluding carboxylic acids is 2. The maximum Gasteiger partial charge on any atom is 0.309 e. The maximum absolute atomic E-state index is 12.4. The van der Waals surface area contributed by atoms with Crippen molar-refractivity contribution in [3.63, 3.8) is 0 Å². The molecule has 1 unspecified atom stereocenters. The third-order valence-electron chi connectivity index (χ3n) is 6.32. The highest BCUT2D eigenvalue weighted by atomic mass is 16.2. The van der Waals surface area contributed by atoms with E-state index >= 15 is 0 Å². The SMILES string of the molecule is CN1CCCc2cc(C(CNC(=O)C(=O)NC3CCCCCC3)N(C)C)ccc21. The van der Waals surface area contributed by atoms with Crippen molar-refractivity contribution in [2.45, 2.75) is 63.5 Å². The summed E-state index contributed by atoms with van der Waals surface area (Å²) in [5.74, 6) is -1.03. The van der Waals surface area contributed by atoms with Crippen molar-refractivity contribution in [1.29, 1.82) is 0 Å². The highest BCUT2D eigenvalue weighted by Crippen LogP contribution is 2.29. The second-order valence-electron chi connectivity index (χ2n) is 8.76. The summed E-state index contributed by atoms with van der Waals surface area (Å²) in [4.78, 5) is 29.1. The molecule has 0 aromatic heterocycles. The van der Waals surface area contributed by atoms with Gasteiger partial charge in [-0.3, -0.25) is 9.59 Å². The highest BCUT2D eigenvalue weighted by molar-refractivity contribution is 6.35. The smallest absolute Gasteiger partial charge is 0.309 e. The molecule has 2 amide bonds. The Labute approximate surface area is 175 Å². The molecule has 2 N–H and O–H groups in total. The molecule has 6 heteroatoms. The highest BCUT2D eigenvalue weighted by Gasteiger charge is 2.23. The van der Waals surface area contributed by atoms with Crippen LogP contribution in [-0.2, 0) is 16.0 Å². The fraction of sp³-hybridized carbons (Fsp3) is 0.652. The molecule has 0 bridgehead atoms. The molecule has 1 aromatic carbocycles. The van der Waals surface area contributed by atoms with Gasteiger partial charge >= 0.3 is 11.8 Å². The van der Waals surface area contributed by atoms with Gasteiger partial charge in [0.1, 0.15) is 0 Å². The number of rotatable bonds is 5. The first-order valence-corrected chi connectivity index (χ1v) is 11.0. The van der Waals surface area contributed by atoms with Crippen molar-refractivity contribution in [3.05, 3.63) is 29.3 Å². The molecule has 160 valence electrons. The van der Waals surface area contributed by atoms with Crippen LogP contribution in [0.2, 0.25) is 0 Å². The predicted molar refractivity (Wildman–Crippen MR) is 117 cm³/mol. The summed E-state index contributed by atoms with van der Waals surface area (Å²) in [6, 6.07) is 6.75. The van der Waals surface area contributed by atoms with Gasteiger partial charge in [0, 0.05) is 31.9 Å². The van der Waals surface area contributed by atoms with E-state index in [0.717, 1.165) is 45.1 Å². The minimum absolute atomic E-state index is 0.0298. The van der Waals surface area contributed by atoms with E-state index in [0.29, 0.717) is 6.54 Å². The van der Waals surface area contributed by atoms with Gasteiger partial charge in [-0.2, -0.15) is 0 Å².